The Bertz CT molecular complexity index is 2330. The average Bonchev–Trinajstić information content (AvgIpc) is 3.95. The first-order valence-electron chi connectivity index (χ1n) is 21.2. The van der Waals surface area contributed by atoms with Gasteiger partial charge in [0.2, 0.25) is 11.8 Å². The molecule has 2 saturated heterocycles. The predicted molar refractivity (Wildman–Crippen MR) is 241 cm³/mol. The maximum Gasteiger partial charge on any atom is 0.220 e. The maximum absolute atomic E-state index is 11.8. The topological polar surface area (TPSA) is 80.6 Å². The van der Waals surface area contributed by atoms with E-state index in [2.05, 4.69) is 120 Å². The summed E-state index contributed by atoms with van der Waals surface area (Å²) in [7, 11) is 0. The molecule has 0 bridgehead atoms. The molecule has 1 aliphatic carbocycles. The van der Waals surface area contributed by atoms with Gasteiger partial charge in [-0.25, -0.2) is 0 Å². The summed E-state index contributed by atoms with van der Waals surface area (Å²) in [6.07, 6.45) is 15.8. The summed E-state index contributed by atoms with van der Waals surface area (Å²) >= 11 is 6.25. The molecule has 3 aliphatic rings. The predicted octanol–water partition coefficient (Wildman–Crippen LogP) is 9.13. The zero-order valence-corrected chi connectivity index (χ0v) is 37.0. The van der Waals surface area contributed by atoms with Gasteiger partial charge in [0.25, 0.3) is 0 Å². The zero-order chi connectivity index (χ0) is 42.3. The highest BCUT2D eigenvalue weighted by Gasteiger charge is 2.37. The molecule has 11 heteroatoms. The van der Waals surface area contributed by atoms with E-state index < -0.39 is 5.60 Å². The highest BCUT2D eigenvalue weighted by Crippen LogP contribution is 2.39. The molecule has 314 valence electrons. The normalized spacial score (nSPS) is 18.7. The van der Waals surface area contributed by atoms with Crippen molar-refractivity contribution in [1.29, 1.82) is 0 Å². The molecule has 9 rings (SSSR count). The number of carbonyl (C=O) groups excluding carboxylic acids is 2. The number of rotatable bonds is 3. The molecule has 2 aliphatic heterocycles. The number of nitrogens with zero attached hydrogens (tertiary/aromatic N) is 7. The third-order valence-corrected chi connectivity index (χ3v) is 12.7. The molecule has 6 aromatic heterocycles. The van der Waals surface area contributed by atoms with E-state index in [0.29, 0.717) is 0 Å². The lowest BCUT2D eigenvalue weighted by Crippen LogP contribution is -2.61. The van der Waals surface area contributed by atoms with Crippen molar-refractivity contribution in [3.8, 4) is 0 Å². The lowest BCUT2D eigenvalue weighted by Gasteiger charge is -2.47. The fraction of sp³-hybridized carbons (Fsp3) is 0.458. The van der Waals surface area contributed by atoms with Crippen LogP contribution >= 0.6 is 11.6 Å². The number of carbonyl (C=O) groups is 2. The largest absolute Gasteiger partial charge is 0.385 e. The van der Waals surface area contributed by atoms with Crippen LogP contribution in [0.2, 0.25) is 5.02 Å². The van der Waals surface area contributed by atoms with Crippen LogP contribution in [0.15, 0.2) is 91.6 Å². The third-order valence-electron chi connectivity index (χ3n) is 12.5. The molecule has 10 nitrogen and oxygen atoms in total. The molecule has 6 aromatic rings. The second kappa shape index (κ2) is 16.6. The van der Waals surface area contributed by atoms with Crippen LogP contribution in [0.4, 0.5) is 11.5 Å². The van der Waals surface area contributed by atoms with Gasteiger partial charge in [-0.1, -0.05) is 30.9 Å². The van der Waals surface area contributed by atoms with Crippen LogP contribution in [-0.4, -0.2) is 90.3 Å². The summed E-state index contributed by atoms with van der Waals surface area (Å²) in [4.78, 5) is 32.2. The molecule has 0 radical (unpaired) electrons. The number of halogens is 1. The van der Waals surface area contributed by atoms with Crippen LogP contribution in [0.25, 0.3) is 16.6 Å². The van der Waals surface area contributed by atoms with Crippen molar-refractivity contribution >= 4 is 51.5 Å². The first-order chi connectivity index (χ1) is 28.0. The summed E-state index contributed by atoms with van der Waals surface area (Å²) < 4.78 is 6.44. The second-order valence-electron chi connectivity index (χ2n) is 18.2. The van der Waals surface area contributed by atoms with Gasteiger partial charge in [-0.3, -0.25) is 9.59 Å². The number of fused-ring (bicyclic) bond motifs is 3. The van der Waals surface area contributed by atoms with Crippen molar-refractivity contribution in [2.75, 3.05) is 49.1 Å². The van der Waals surface area contributed by atoms with Gasteiger partial charge in [0.1, 0.15) is 5.82 Å². The summed E-state index contributed by atoms with van der Waals surface area (Å²) in [5.74, 6) is 1.38. The van der Waals surface area contributed by atoms with E-state index in [4.69, 9.17) is 11.6 Å². The Morgan fingerprint density at radius 1 is 0.661 bits per heavy atom. The zero-order valence-electron chi connectivity index (χ0n) is 36.2. The minimum atomic E-state index is -0.607. The van der Waals surface area contributed by atoms with Gasteiger partial charge in [-0.05, 0) is 126 Å². The van der Waals surface area contributed by atoms with Gasteiger partial charge in [-0.15, -0.1) is 0 Å². The lowest BCUT2D eigenvalue weighted by molar-refractivity contribution is -0.135. The molecule has 3 fully saturated rings. The summed E-state index contributed by atoms with van der Waals surface area (Å²) in [5, 5.41) is 11.6. The van der Waals surface area contributed by atoms with E-state index in [1.54, 1.807) is 13.8 Å². The number of aromatic nitrogens is 3. The molecule has 8 heterocycles. The number of aryl methyl sites for hydroxylation is 2. The van der Waals surface area contributed by atoms with Crippen molar-refractivity contribution in [1.82, 2.24) is 23.0 Å². The van der Waals surface area contributed by atoms with E-state index in [1.807, 2.05) is 46.3 Å². The molecule has 2 amide bonds. The number of piperazine rings is 2. The van der Waals surface area contributed by atoms with E-state index in [9.17, 15) is 14.7 Å². The van der Waals surface area contributed by atoms with Crippen LogP contribution in [0, 0.1) is 13.8 Å². The highest BCUT2D eigenvalue weighted by molar-refractivity contribution is 6.31. The van der Waals surface area contributed by atoms with Gasteiger partial charge in [0, 0.05) is 100 Å². The van der Waals surface area contributed by atoms with E-state index in [1.165, 1.54) is 28.8 Å². The van der Waals surface area contributed by atoms with Crippen molar-refractivity contribution in [2.24, 2.45) is 0 Å². The number of anilines is 2. The van der Waals surface area contributed by atoms with Gasteiger partial charge < -0.3 is 37.9 Å². The molecule has 0 atom stereocenters. The van der Waals surface area contributed by atoms with Crippen molar-refractivity contribution in [3.63, 3.8) is 0 Å². The Morgan fingerprint density at radius 2 is 1.20 bits per heavy atom. The summed E-state index contributed by atoms with van der Waals surface area (Å²) in [6, 6.07) is 20.8. The summed E-state index contributed by atoms with van der Waals surface area (Å²) in [5.41, 5.74) is 7.37. The minimum absolute atomic E-state index is 0.136. The fourth-order valence-electron chi connectivity index (χ4n) is 9.81. The molecule has 0 spiro atoms. The molecule has 0 aromatic carbocycles. The van der Waals surface area contributed by atoms with Crippen LogP contribution in [0.3, 0.4) is 0 Å². The standard InChI is InChI=1S/C17H23N3O.C16H20ClN3O.C15H19NO/c1-13-10-16(15-6-5-7-18(15)11-13)19-8-9-20(14(2)21)17(3,4)12-19;1-12(21)20-8-7-18(11-16(20,2)3)15-10-13(17)9-14-5-4-6-19(14)15;1-12-10-13(14-6-5-9-16(14)11-12)15(17)7-3-2-4-8-15/h5-7,10-11H,8-9,12H2,1-4H3;4-6,9-10H,7-8,11H2,1-3H3;5-6,9-11,17H,2-4,7-8H2,1H3. The van der Waals surface area contributed by atoms with Gasteiger partial charge in [0.05, 0.1) is 33.4 Å². The second-order valence-corrected chi connectivity index (χ2v) is 18.6. The van der Waals surface area contributed by atoms with Crippen LogP contribution in [0.1, 0.15) is 90.3 Å². The number of hydrogen-bond donors (Lipinski definition) is 1. The maximum atomic E-state index is 11.8. The van der Waals surface area contributed by atoms with Crippen molar-refractivity contribution in [2.45, 2.75) is 104 Å². The number of hydrogen-bond acceptors (Lipinski definition) is 5. The Hall–Kier alpha value is -4.93. The van der Waals surface area contributed by atoms with Crippen LogP contribution in [-0.2, 0) is 15.2 Å². The monoisotopic (exact) mass is 819 g/mol. The lowest BCUT2D eigenvalue weighted by atomic mass is 9.79. The van der Waals surface area contributed by atoms with Gasteiger partial charge in [0.15, 0.2) is 0 Å². The van der Waals surface area contributed by atoms with Crippen LogP contribution < -0.4 is 9.80 Å². The Morgan fingerprint density at radius 3 is 1.81 bits per heavy atom. The first kappa shape index (κ1) is 42.2. The van der Waals surface area contributed by atoms with Crippen molar-refractivity contribution in [3.05, 3.63) is 113 Å². The Balaban J connectivity index is 0.000000135. The molecule has 1 N–H and O–H groups in total. The quantitative estimate of drug-likeness (QED) is 0.193. The van der Waals surface area contributed by atoms with Crippen LogP contribution in [0.5, 0.6) is 0 Å². The SMILES string of the molecule is CC(=O)N1CCN(c2cc(C)cn3cccc23)CC1(C)C.CC(=O)N1CCN(c2cc(Cl)cc3cccn23)CC1(C)C.Cc1cc(C2(O)CCCCC2)c2cccn2c1. The van der Waals surface area contributed by atoms with Gasteiger partial charge >= 0.3 is 0 Å². The van der Waals surface area contributed by atoms with Crippen molar-refractivity contribution < 1.29 is 14.7 Å². The van der Waals surface area contributed by atoms with E-state index in [-0.39, 0.29) is 22.9 Å². The summed E-state index contributed by atoms with van der Waals surface area (Å²) in [6.45, 7) is 20.9. The smallest absolute Gasteiger partial charge is 0.220 e. The Kier molecular flexibility index (Phi) is 11.9. The number of pyridine rings is 3. The molecule has 1 saturated carbocycles. The third kappa shape index (κ3) is 8.85. The number of amides is 2. The average molecular weight is 821 g/mol. The van der Waals surface area contributed by atoms with E-state index in [0.717, 1.165) is 92.4 Å². The molecular formula is C48H62ClN7O3. The fourth-order valence-corrected chi connectivity index (χ4v) is 10.0. The first-order valence-corrected chi connectivity index (χ1v) is 21.5. The molecule has 59 heavy (non-hydrogen) atoms. The number of aliphatic hydroxyl groups is 1. The van der Waals surface area contributed by atoms with E-state index >= 15 is 0 Å². The molecule has 0 unspecified atom stereocenters. The molecular weight excluding hydrogens is 758 g/mol. The Labute approximate surface area is 354 Å². The minimum Gasteiger partial charge on any atom is -0.385 e. The highest BCUT2D eigenvalue weighted by atomic mass is 35.5. The van der Waals surface area contributed by atoms with Gasteiger partial charge in [-0.2, -0.15) is 0 Å².